The highest BCUT2D eigenvalue weighted by molar-refractivity contribution is 4.69. The van der Waals surface area contributed by atoms with Crippen molar-refractivity contribution >= 4 is 0 Å². The van der Waals surface area contributed by atoms with E-state index in [0.29, 0.717) is 5.92 Å². The molecule has 0 aliphatic carbocycles. The molecule has 0 aromatic rings. The Hall–Kier alpha value is -0.120. The number of aliphatic hydroxyl groups is 2. The minimum atomic E-state index is -0.260. The quantitative estimate of drug-likeness (QED) is 0.546. The van der Waals surface area contributed by atoms with E-state index in [2.05, 4.69) is 19.2 Å². The fourth-order valence-corrected chi connectivity index (χ4v) is 0.989. The van der Waals surface area contributed by atoms with E-state index in [4.69, 9.17) is 10.2 Å². The highest BCUT2D eigenvalue weighted by Crippen LogP contribution is 2.00. The number of nitrogens with one attached hydrogen (secondary N) is 1. The van der Waals surface area contributed by atoms with Crippen LogP contribution in [0.4, 0.5) is 0 Å². The Balaban J connectivity index is 3.45. The van der Waals surface area contributed by atoms with Crippen LogP contribution in [0.1, 0.15) is 27.2 Å². The largest absolute Gasteiger partial charge is 0.395 e. The Morgan fingerprint density at radius 3 is 2.17 bits per heavy atom. The first kappa shape index (κ1) is 11.9. The second-order valence-corrected chi connectivity index (χ2v) is 3.62. The van der Waals surface area contributed by atoms with Crippen LogP contribution >= 0.6 is 0 Å². The highest BCUT2D eigenvalue weighted by Gasteiger charge is 2.10. The average Bonchev–Trinajstić information content (AvgIpc) is 1.96. The molecule has 0 heterocycles. The first-order valence-electron chi connectivity index (χ1n) is 4.60. The average molecular weight is 175 g/mol. The van der Waals surface area contributed by atoms with Crippen LogP contribution < -0.4 is 5.32 Å². The van der Waals surface area contributed by atoms with Crippen molar-refractivity contribution < 1.29 is 10.2 Å². The molecule has 0 aromatic carbocycles. The van der Waals surface area contributed by atoms with Crippen molar-refractivity contribution in [3.63, 3.8) is 0 Å². The van der Waals surface area contributed by atoms with Gasteiger partial charge in [-0.15, -0.1) is 0 Å². The number of hydrogen-bond donors (Lipinski definition) is 3. The van der Waals surface area contributed by atoms with Crippen molar-refractivity contribution in [1.82, 2.24) is 5.32 Å². The van der Waals surface area contributed by atoms with E-state index in [0.717, 1.165) is 13.0 Å². The minimum absolute atomic E-state index is 0.156. The molecule has 74 valence electrons. The lowest BCUT2D eigenvalue weighted by Gasteiger charge is -2.20. The molecule has 0 radical (unpaired) electrons. The van der Waals surface area contributed by atoms with Crippen LogP contribution in [0.2, 0.25) is 0 Å². The van der Waals surface area contributed by atoms with Gasteiger partial charge in [-0.05, 0) is 25.8 Å². The molecule has 0 saturated heterocycles. The van der Waals surface area contributed by atoms with Gasteiger partial charge in [-0.2, -0.15) is 0 Å². The molecule has 0 aliphatic heterocycles. The summed E-state index contributed by atoms with van der Waals surface area (Å²) < 4.78 is 0. The zero-order valence-corrected chi connectivity index (χ0v) is 8.25. The zero-order valence-electron chi connectivity index (χ0n) is 8.25. The Morgan fingerprint density at radius 2 is 1.83 bits per heavy atom. The normalized spacial score (nSPS) is 16.5. The molecule has 3 N–H and O–H groups in total. The summed E-state index contributed by atoms with van der Waals surface area (Å²) in [4.78, 5) is 0. The van der Waals surface area contributed by atoms with E-state index in [9.17, 15) is 0 Å². The van der Waals surface area contributed by atoms with Crippen molar-refractivity contribution in [1.29, 1.82) is 0 Å². The summed E-state index contributed by atoms with van der Waals surface area (Å²) >= 11 is 0. The predicted octanol–water partition coefficient (Wildman–Crippen LogP) is 0.364. The lowest BCUT2D eigenvalue weighted by Crippen LogP contribution is -2.38. The van der Waals surface area contributed by atoms with Gasteiger partial charge in [0.1, 0.15) is 0 Å². The molecule has 2 atom stereocenters. The molecule has 3 heteroatoms. The van der Waals surface area contributed by atoms with Gasteiger partial charge in [-0.25, -0.2) is 0 Å². The van der Waals surface area contributed by atoms with Crippen LogP contribution in [0.5, 0.6) is 0 Å². The Bertz CT molecular complexity index is 105. The van der Waals surface area contributed by atoms with Gasteiger partial charge in [-0.3, -0.25) is 0 Å². The summed E-state index contributed by atoms with van der Waals surface area (Å²) in [6.45, 7) is 6.83. The van der Waals surface area contributed by atoms with Crippen molar-refractivity contribution in [2.45, 2.75) is 39.3 Å². The Morgan fingerprint density at radius 1 is 1.25 bits per heavy atom. The van der Waals surface area contributed by atoms with Crippen molar-refractivity contribution in [3.05, 3.63) is 0 Å². The molecular weight excluding hydrogens is 154 g/mol. The fraction of sp³-hybridized carbons (Fsp3) is 1.00. The summed E-state index contributed by atoms with van der Waals surface area (Å²) in [6, 6.07) is 0.156. The van der Waals surface area contributed by atoms with Crippen molar-refractivity contribution in [3.8, 4) is 0 Å². The van der Waals surface area contributed by atoms with Gasteiger partial charge >= 0.3 is 0 Å². The van der Waals surface area contributed by atoms with Crippen LogP contribution in [0.15, 0.2) is 0 Å². The maximum Gasteiger partial charge on any atom is 0.0587 e. The topological polar surface area (TPSA) is 52.5 Å². The second-order valence-electron chi connectivity index (χ2n) is 3.62. The molecule has 0 fully saturated rings. The van der Waals surface area contributed by atoms with Crippen LogP contribution in [-0.2, 0) is 0 Å². The van der Waals surface area contributed by atoms with E-state index < -0.39 is 0 Å². The van der Waals surface area contributed by atoms with Gasteiger partial charge < -0.3 is 15.5 Å². The van der Waals surface area contributed by atoms with Gasteiger partial charge in [-0.1, -0.05) is 13.8 Å². The molecule has 0 bridgehead atoms. The fourth-order valence-electron chi connectivity index (χ4n) is 0.989. The second kappa shape index (κ2) is 6.40. The maximum absolute atomic E-state index is 8.97. The van der Waals surface area contributed by atoms with E-state index >= 15 is 0 Å². The predicted molar refractivity (Wildman–Crippen MR) is 50.0 cm³/mol. The summed E-state index contributed by atoms with van der Waals surface area (Å²) in [5, 5.41) is 21.1. The molecule has 3 nitrogen and oxygen atoms in total. The van der Waals surface area contributed by atoms with Gasteiger partial charge in [0.2, 0.25) is 0 Å². The third kappa shape index (κ3) is 5.52. The summed E-state index contributed by atoms with van der Waals surface area (Å²) in [5.74, 6) is 0.434. The van der Waals surface area contributed by atoms with Crippen molar-refractivity contribution in [2.24, 2.45) is 5.92 Å². The number of hydrogen-bond acceptors (Lipinski definition) is 3. The van der Waals surface area contributed by atoms with Crippen LogP contribution in [-0.4, -0.2) is 35.5 Å². The van der Waals surface area contributed by atoms with Crippen LogP contribution in [0, 0.1) is 5.92 Å². The zero-order chi connectivity index (χ0) is 9.56. The molecule has 0 saturated carbocycles. The molecule has 0 rings (SSSR count). The standard InChI is InChI=1S/C9H21NO2/c1-7(2)9(6-11)10-5-4-8(3)12/h7-12H,4-6H2,1-3H3. The van der Waals surface area contributed by atoms with Gasteiger partial charge in [0.25, 0.3) is 0 Å². The highest BCUT2D eigenvalue weighted by atomic mass is 16.3. The monoisotopic (exact) mass is 175 g/mol. The third-order valence-corrected chi connectivity index (χ3v) is 1.97. The van der Waals surface area contributed by atoms with Gasteiger partial charge in [0.15, 0.2) is 0 Å². The van der Waals surface area contributed by atoms with E-state index in [1.165, 1.54) is 0 Å². The molecule has 2 unspecified atom stereocenters. The van der Waals surface area contributed by atoms with E-state index in [-0.39, 0.29) is 18.8 Å². The first-order chi connectivity index (χ1) is 5.57. The Labute approximate surface area is 74.8 Å². The van der Waals surface area contributed by atoms with E-state index in [1.54, 1.807) is 6.92 Å². The molecule has 0 aromatic heterocycles. The number of rotatable bonds is 6. The van der Waals surface area contributed by atoms with Crippen molar-refractivity contribution in [2.75, 3.05) is 13.2 Å². The summed E-state index contributed by atoms with van der Waals surface area (Å²) in [6.07, 6.45) is 0.479. The third-order valence-electron chi connectivity index (χ3n) is 1.97. The van der Waals surface area contributed by atoms with Crippen LogP contribution in [0.25, 0.3) is 0 Å². The van der Waals surface area contributed by atoms with E-state index in [1.807, 2.05) is 0 Å². The molecule has 0 spiro atoms. The van der Waals surface area contributed by atoms with Gasteiger partial charge in [0.05, 0.1) is 12.7 Å². The molecule has 0 aliphatic rings. The SMILES string of the molecule is CC(O)CCNC(CO)C(C)C. The smallest absolute Gasteiger partial charge is 0.0587 e. The molecule has 0 amide bonds. The lowest BCUT2D eigenvalue weighted by atomic mass is 10.1. The van der Waals surface area contributed by atoms with Gasteiger partial charge in [0, 0.05) is 6.04 Å². The maximum atomic E-state index is 8.97. The molecule has 12 heavy (non-hydrogen) atoms. The molecular formula is C9H21NO2. The number of aliphatic hydroxyl groups excluding tert-OH is 2. The summed E-state index contributed by atoms with van der Waals surface area (Å²) in [5.41, 5.74) is 0. The van der Waals surface area contributed by atoms with Crippen LogP contribution in [0.3, 0.4) is 0 Å². The first-order valence-corrected chi connectivity index (χ1v) is 4.60. The minimum Gasteiger partial charge on any atom is -0.395 e. The Kier molecular flexibility index (Phi) is 6.34. The lowest BCUT2D eigenvalue weighted by molar-refractivity contribution is 0.170. The summed E-state index contributed by atoms with van der Waals surface area (Å²) in [7, 11) is 0.